The Morgan fingerprint density at radius 3 is 2.39 bits per heavy atom. The van der Waals surface area contributed by atoms with Gasteiger partial charge in [0.15, 0.2) is 23.0 Å². The molecule has 0 radical (unpaired) electrons. The smallest absolute Gasteiger partial charge is 0.186 e. The van der Waals surface area contributed by atoms with E-state index in [1.807, 2.05) is 0 Å². The molecule has 0 aliphatic heterocycles. The molecular formula is C15H11N3O4S. The Kier molecular flexibility index (Phi) is 3.82. The predicted octanol–water partition coefficient (Wildman–Crippen LogP) is 4.05. The topological polar surface area (TPSA) is 119 Å². The van der Waals surface area contributed by atoms with Gasteiger partial charge < -0.3 is 20.4 Å². The molecule has 0 bridgehead atoms. The lowest BCUT2D eigenvalue weighted by Gasteiger charge is -2.06. The molecule has 0 spiro atoms. The van der Waals surface area contributed by atoms with Gasteiger partial charge in [-0.15, -0.1) is 21.6 Å². The summed E-state index contributed by atoms with van der Waals surface area (Å²) < 4.78 is 0. The number of thiazole rings is 1. The molecule has 0 aliphatic carbocycles. The van der Waals surface area contributed by atoms with Crippen LogP contribution in [0.15, 0.2) is 52.1 Å². The Balaban J connectivity index is 2.10. The molecule has 0 atom stereocenters. The first-order valence-electron chi connectivity index (χ1n) is 6.45. The average Bonchev–Trinajstić information content (AvgIpc) is 3.06. The molecule has 116 valence electrons. The molecule has 1 aromatic heterocycles. The van der Waals surface area contributed by atoms with Crippen molar-refractivity contribution in [1.29, 1.82) is 0 Å². The number of benzene rings is 2. The Bertz CT molecular complexity index is 879. The van der Waals surface area contributed by atoms with Crippen molar-refractivity contribution in [3.8, 4) is 33.6 Å². The second kappa shape index (κ2) is 5.93. The molecule has 23 heavy (non-hydrogen) atoms. The van der Waals surface area contributed by atoms with Crippen LogP contribution in [0.5, 0.6) is 23.0 Å². The molecule has 1 heterocycles. The number of aromatic nitrogens is 1. The Morgan fingerprint density at radius 1 is 0.870 bits per heavy atom. The van der Waals surface area contributed by atoms with E-state index in [-0.39, 0.29) is 22.9 Å². The third-order valence-corrected chi connectivity index (χ3v) is 3.85. The van der Waals surface area contributed by atoms with E-state index in [0.717, 1.165) is 0 Å². The van der Waals surface area contributed by atoms with Crippen molar-refractivity contribution in [3.63, 3.8) is 0 Å². The van der Waals surface area contributed by atoms with Crippen molar-refractivity contribution >= 4 is 22.7 Å². The van der Waals surface area contributed by atoms with E-state index in [9.17, 15) is 20.4 Å². The molecule has 7 nitrogen and oxygen atoms in total. The van der Waals surface area contributed by atoms with Crippen molar-refractivity contribution in [1.82, 2.24) is 4.98 Å². The second-order valence-electron chi connectivity index (χ2n) is 4.51. The summed E-state index contributed by atoms with van der Waals surface area (Å²) in [5.41, 5.74) is 0.527. The number of phenols is 4. The second-order valence-corrected chi connectivity index (χ2v) is 5.41. The van der Waals surface area contributed by atoms with Crippen LogP contribution in [0.4, 0.5) is 11.4 Å². The summed E-state index contributed by atoms with van der Waals surface area (Å²) in [5.74, 6) is -1.55. The van der Waals surface area contributed by atoms with Crippen LogP contribution in [0, 0.1) is 0 Å². The normalized spacial score (nSPS) is 11.1. The van der Waals surface area contributed by atoms with Crippen LogP contribution in [0.1, 0.15) is 0 Å². The zero-order valence-electron chi connectivity index (χ0n) is 11.6. The van der Waals surface area contributed by atoms with Gasteiger partial charge in [-0.25, -0.2) is 4.98 Å². The van der Waals surface area contributed by atoms with Crippen molar-refractivity contribution in [2.45, 2.75) is 0 Å². The van der Waals surface area contributed by atoms with Crippen LogP contribution in [-0.4, -0.2) is 25.4 Å². The maximum atomic E-state index is 10.0. The van der Waals surface area contributed by atoms with Crippen molar-refractivity contribution < 1.29 is 20.4 Å². The standard InChI is InChI=1S/C15H11N3O4S/c19-10-3-1-2-9(13(10)21)17-18-12-8(15-16-6-7-23-15)4-5-11(20)14(12)22/h1-7,19-22H. The summed E-state index contributed by atoms with van der Waals surface area (Å²) in [4.78, 5) is 4.14. The molecule has 0 aliphatic rings. The fraction of sp³-hybridized carbons (Fsp3) is 0. The molecule has 0 saturated heterocycles. The molecule has 0 saturated carbocycles. The molecule has 3 aromatic rings. The Labute approximate surface area is 134 Å². The maximum absolute atomic E-state index is 10.0. The minimum atomic E-state index is -0.443. The first-order valence-corrected chi connectivity index (χ1v) is 7.33. The lowest BCUT2D eigenvalue weighted by molar-refractivity contribution is 0.403. The van der Waals surface area contributed by atoms with Crippen LogP contribution < -0.4 is 0 Å². The first-order chi connectivity index (χ1) is 11.1. The highest BCUT2D eigenvalue weighted by molar-refractivity contribution is 7.13. The zero-order valence-corrected chi connectivity index (χ0v) is 12.4. The van der Waals surface area contributed by atoms with Crippen molar-refractivity contribution in [2.75, 3.05) is 0 Å². The summed E-state index contributed by atoms with van der Waals surface area (Å²) >= 11 is 1.34. The molecule has 8 heteroatoms. The van der Waals surface area contributed by atoms with Gasteiger partial charge in [-0.05, 0) is 24.3 Å². The third kappa shape index (κ3) is 2.79. The van der Waals surface area contributed by atoms with Crippen LogP contribution in [0.25, 0.3) is 10.6 Å². The molecule has 4 N–H and O–H groups in total. The molecule has 3 rings (SSSR count). The number of aromatic hydroxyl groups is 4. The molecule has 0 fully saturated rings. The number of nitrogens with zero attached hydrogens (tertiary/aromatic N) is 3. The molecular weight excluding hydrogens is 318 g/mol. The van der Waals surface area contributed by atoms with Crippen molar-refractivity contribution in [3.05, 3.63) is 41.9 Å². The van der Waals surface area contributed by atoms with Gasteiger partial charge in [0, 0.05) is 17.1 Å². The number of rotatable bonds is 3. The summed E-state index contributed by atoms with van der Waals surface area (Å²) in [6.07, 6.45) is 1.60. The van der Waals surface area contributed by atoms with E-state index in [1.165, 1.54) is 35.6 Å². The number of para-hydroxylation sites is 1. The van der Waals surface area contributed by atoms with Gasteiger partial charge in [-0.1, -0.05) is 6.07 Å². The zero-order chi connectivity index (χ0) is 16.4. The number of phenolic OH excluding ortho intramolecular Hbond substituents is 4. The minimum absolute atomic E-state index is 0.0164. The number of hydrogen-bond donors (Lipinski definition) is 4. The SMILES string of the molecule is Oc1cccc(N=Nc2c(-c3nccs3)ccc(O)c2O)c1O. The van der Waals surface area contributed by atoms with E-state index in [0.29, 0.717) is 10.6 Å². The quantitative estimate of drug-likeness (QED) is 0.427. The Morgan fingerprint density at radius 2 is 1.65 bits per heavy atom. The van der Waals surface area contributed by atoms with E-state index in [1.54, 1.807) is 17.6 Å². The van der Waals surface area contributed by atoms with E-state index in [4.69, 9.17) is 0 Å². The lowest BCUT2D eigenvalue weighted by Crippen LogP contribution is -1.79. The summed E-state index contributed by atoms with van der Waals surface area (Å²) in [5, 5.41) is 49.0. The monoisotopic (exact) mass is 329 g/mol. The molecule has 0 amide bonds. The van der Waals surface area contributed by atoms with Gasteiger partial charge in [-0.3, -0.25) is 0 Å². The minimum Gasteiger partial charge on any atom is -0.504 e. The number of azo groups is 1. The summed E-state index contributed by atoms with van der Waals surface area (Å²) in [7, 11) is 0. The number of hydrogen-bond acceptors (Lipinski definition) is 8. The molecule has 0 unspecified atom stereocenters. The summed E-state index contributed by atoms with van der Waals surface area (Å²) in [6.45, 7) is 0. The van der Waals surface area contributed by atoms with Gasteiger partial charge in [0.25, 0.3) is 0 Å². The molecule has 2 aromatic carbocycles. The average molecular weight is 329 g/mol. The van der Waals surface area contributed by atoms with E-state index < -0.39 is 11.5 Å². The van der Waals surface area contributed by atoms with E-state index in [2.05, 4.69) is 15.2 Å². The predicted molar refractivity (Wildman–Crippen MR) is 84.8 cm³/mol. The highest BCUT2D eigenvalue weighted by atomic mass is 32.1. The first kappa shape index (κ1) is 14.8. The summed E-state index contributed by atoms with van der Waals surface area (Å²) in [6, 6.07) is 7.14. The van der Waals surface area contributed by atoms with Gasteiger partial charge >= 0.3 is 0 Å². The fourth-order valence-corrected chi connectivity index (χ4v) is 2.57. The van der Waals surface area contributed by atoms with Crippen molar-refractivity contribution in [2.24, 2.45) is 10.2 Å². The highest BCUT2D eigenvalue weighted by Gasteiger charge is 2.16. The van der Waals surface area contributed by atoms with Crippen LogP contribution in [-0.2, 0) is 0 Å². The van der Waals surface area contributed by atoms with E-state index >= 15 is 0 Å². The van der Waals surface area contributed by atoms with Crippen LogP contribution >= 0.6 is 11.3 Å². The Hall–Kier alpha value is -3.13. The highest BCUT2D eigenvalue weighted by Crippen LogP contribution is 2.45. The fourth-order valence-electron chi connectivity index (χ4n) is 1.90. The van der Waals surface area contributed by atoms with Gasteiger partial charge in [0.05, 0.1) is 0 Å². The maximum Gasteiger partial charge on any atom is 0.186 e. The third-order valence-electron chi connectivity index (χ3n) is 3.04. The van der Waals surface area contributed by atoms with Gasteiger partial charge in [-0.2, -0.15) is 0 Å². The van der Waals surface area contributed by atoms with Gasteiger partial charge in [0.1, 0.15) is 16.4 Å². The van der Waals surface area contributed by atoms with Crippen LogP contribution in [0.3, 0.4) is 0 Å². The largest absolute Gasteiger partial charge is 0.504 e. The van der Waals surface area contributed by atoms with Gasteiger partial charge in [0.2, 0.25) is 0 Å². The van der Waals surface area contributed by atoms with Crippen LogP contribution in [0.2, 0.25) is 0 Å². The lowest BCUT2D eigenvalue weighted by atomic mass is 10.1.